The molecule has 0 saturated carbocycles. The quantitative estimate of drug-likeness (QED) is 0.119. The highest BCUT2D eigenvalue weighted by Crippen LogP contribution is 2.54. The Hall–Kier alpha value is -5.31. The van der Waals surface area contributed by atoms with Gasteiger partial charge in [0.1, 0.15) is 0 Å². The summed E-state index contributed by atoms with van der Waals surface area (Å²) in [5.74, 6) is 0.828. The largest absolute Gasteiger partial charge is 0.398 e. The topological polar surface area (TPSA) is 26.0 Å². The zero-order chi connectivity index (χ0) is 32.1. The van der Waals surface area contributed by atoms with Gasteiger partial charge in [0.15, 0.2) is 0 Å². The number of nitrogen functional groups attached to an aromatic ring is 1. The van der Waals surface area contributed by atoms with Crippen LogP contribution in [0.3, 0.4) is 0 Å². The molecule has 0 fully saturated rings. The van der Waals surface area contributed by atoms with Gasteiger partial charge in [-0.15, -0.1) is 11.8 Å². The lowest BCUT2D eigenvalue weighted by Gasteiger charge is -2.24. The van der Waals surface area contributed by atoms with Crippen LogP contribution in [0.15, 0.2) is 144 Å². The molecule has 8 aromatic carbocycles. The van der Waals surface area contributed by atoms with Gasteiger partial charge < -0.3 is 5.73 Å². The number of hydrogen-bond acceptors (Lipinski definition) is 2. The summed E-state index contributed by atoms with van der Waals surface area (Å²) < 4.78 is 0. The highest BCUT2D eigenvalue weighted by Gasteiger charge is 2.36. The Morgan fingerprint density at radius 3 is 1.92 bits per heavy atom. The summed E-state index contributed by atoms with van der Waals surface area (Å²) >= 11 is 1.83. The van der Waals surface area contributed by atoms with E-state index in [-0.39, 0.29) is 5.41 Å². The Bertz CT molecular complexity index is 2630. The Morgan fingerprint density at radius 2 is 1.10 bits per heavy atom. The molecule has 0 atom stereocenters. The van der Waals surface area contributed by atoms with Crippen molar-refractivity contribution in [1.82, 2.24) is 0 Å². The van der Waals surface area contributed by atoms with Gasteiger partial charge in [-0.3, -0.25) is 0 Å². The molecule has 0 amide bonds. The third-order valence-electron chi connectivity index (χ3n) is 10.9. The first-order chi connectivity index (χ1) is 23.5. The molecule has 0 unspecified atom stereocenters. The lowest BCUT2D eigenvalue weighted by molar-refractivity contribution is 0.661. The number of anilines is 1. The van der Waals surface area contributed by atoms with Crippen LogP contribution in [0.1, 0.15) is 30.5 Å². The number of rotatable bonds is 4. The van der Waals surface area contributed by atoms with Crippen LogP contribution in [-0.4, -0.2) is 0 Å². The van der Waals surface area contributed by atoms with Crippen LogP contribution in [0.25, 0.3) is 76.8 Å². The van der Waals surface area contributed by atoms with Crippen molar-refractivity contribution in [3.05, 3.63) is 156 Å². The van der Waals surface area contributed by atoms with E-state index in [1.807, 2.05) is 23.9 Å². The van der Waals surface area contributed by atoms with Gasteiger partial charge in [0.25, 0.3) is 0 Å². The van der Waals surface area contributed by atoms with E-state index in [1.54, 1.807) is 0 Å². The van der Waals surface area contributed by atoms with Crippen molar-refractivity contribution >= 4 is 49.8 Å². The molecule has 2 aliphatic rings. The first-order valence-electron chi connectivity index (χ1n) is 16.8. The molecule has 0 heterocycles. The average molecular weight is 632 g/mol. The molecule has 0 saturated heterocycles. The highest BCUT2D eigenvalue weighted by molar-refractivity contribution is 7.98. The van der Waals surface area contributed by atoms with E-state index in [4.69, 9.17) is 5.73 Å². The Labute approximate surface area is 285 Å². The van der Waals surface area contributed by atoms with Crippen molar-refractivity contribution < 1.29 is 0 Å². The number of thioether (sulfide) groups is 1. The molecular formula is C46H33NS. The Balaban J connectivity index is 1.32. The highest BCUT2D eigenvalue weighted by atomic mass is 32.2. The standard InChI is InChI=1S/C46H33NS/c1-46(2)40-19-8-7-15-30(40)37-24-36-38(25-41(37)46)45(31-16-6-5-14-29(31)39(36)26-48-43-21-10-9-20-42(43)47)35-23-22-34-28-13-4-3-12-27(28)32-17-11-18-33(35)44(32)34/h3-25H,26,47H2,1-2H3. The van der Waals surface area contributed by atoms with Gasteiger partial charge >= 0.3 is 0 Å². The molecule has 1 nitrogen and oxygen atoms in total. The van der Waals surface area contributed by atoms with E-state index in [0.717, 1.165) is 16.3 Å². The van der Waals surface area contributed by atoms with Gasteiger partial charge in [0.2, 0.25) is 0 Å². The van der Waals surface area contributed by atoms with Crippen molar-refractivity contribution in [3.8, 4) is 44.5 Å². The van der Waals surface area contributed by atoms with E-state index in [9.17, 15) is 0 Å². The summed E-state index contributed by atoms with van der Waals surface area (Å²) in [5, 5.41) is 7.92. The Morgan fingerprint density at radius 1 is 0.479 bits per heavy atom. The van der Waals surface area contributed by atoms with Crippen molar-refractivity contribution in [2.75, 3.05) is 5.73 Å². The predicted molar refractivity (Wildman–Crippen MR) is 207 cm³/mol. The summed E-state index contributed by atoms with van der Waals surface area (Å²) in [4.78, 5) is 1.12. The number of nitrogens with two attached hydrogens (primary N) is 1. The zero-order valence-corrected chi connectivity index (χ0v) is 27.8. The van der Waals surface area contributed by atoms with Gasteiger partial charge in [-0.05, 0) is 118 Å². The van der Waals surface area contributed by atoms with Crippen molar-refractivity contribution in [2.24, 2.45) is 0 Å². The second-order valence-corrected chi connectivity index (χ2v) is 14.8. The first kappa shape index (κ1) is 27.8. The van der Waals surface area contributed by atoms with Crippen LogP contribution < -0.4 is 5.73 Å². The van der Waals surface area contributed by atoms with Crippen molar-refractivity contribution in [1.29, 1.82) is 0 Å². The van der Waals surface area contributed by atoms with E-state index >= 15 is 0 Å². The molecular weight excluding hydrogens is 599 g/mol. The van der Waals surface area contributed by atoms with Crippen LogP contribution in [0, 0.1) is 0 Å². The fourth-order valence-electron chi connectivity index (χ4n) is 8.69. The van der Waals surface area contributed by atoms with Gasteiger partial charge in [-0.2, -0.15) is 0 Å². The minimum Gasteiger partial charge on any atom is -0.398 e. The fraction of sp³-hybridized carbons (Fsp3) is 0.0870. The molecule has 10 rings (SSSR count). The van der Waals surface area contributed by atoms with Gasteiger partial charge in [0.05, 0.1) is 0 Å². The average Bonchev–Trinajstić information content (AvgIpc) is 3.56. The second-order valence-electron chi connectivity index (χ2n) is 13.8. The molecule has 0 aromatic heterocycles. The minimum atomic E-state index is -0.0971. The smallest absolute Gasteiger partial charge is 0.0452 e. The monoisotopic (exact) mass is 631 g/mol. The van der Waals surface area contributed by atoms with Crippen LogP contribution in [0.2, 0.25) is 0 Å². The maximum absolute atomic E-state index is 6.46. The van der Waals surface area contributed by atoms with Crippen LogP contribution in [0.4, 0.5) is 5.69 Å². The summed E-state index contributed by atoms with van der Waals surface area (Å²) in [6.45, 7) is 4.77. The molecule has 48 heavy (non-hydrogen) atoms. The molecule has 2 N–H and O–H groups in total. The second kappa shape index (κ2) is 10.1. The van der Waals surface area contributed by atoms with Gasteiger partial charge in [0, 0.05) is 21.8 Å². The van der Waals surface area contributed by atoms with E-state index in [2.05, 4.69) is 141 Å². The minimum absolute atomic E-state index is 0.0971. The molecule has 2 heteroatoms. The predicted octanol–water partition coefficient (Wildman–Crippen LogP) is 12.6. The van der Waals surface area contributed by atoms with E-state index in [1.165, 1.54) is 93.5 Å². The summed E-state index contributed by atoms with van der Waals surface area (Å²) in [6, 6.07) is 51.8. The normalized spacial score (nSPS) is 13.6. The van der Waals surface area contributed by atoms with Gasteiger partial charge in [-0.1, -0.05) is 129 Å². The zero-order valence-electron chi connectivity index (χ0n) is 27.0. The first-order valence-corrected chi connectivity index (χ1v) is 17.7. The SMILES string of the molecule is CC1(C)c2ccccc2-c2cc3c(CSc4ccccc4N)c4ccccc4c(-c4ccc5c6c(cccc46)-c4ccccc4-5)c3cc21. The third-order valence-corrected chi connectivity index (χ3v) is 12.1. The van der Waals surface area contributed by atoms with E-state index in [0.29, 0.717) is 0 Å². The number of hydrogen-bond donors (Lipinski definition) is 1. The van der Waals surface area contributed by atoms with Crippen LogP contribution in [-0.2, 0) is 11.2 Å². The molecule has 0 radical (unpaired) electrons. The number of para-hydroxylation sites is 1. The molecule has 0 spiro atoms. The van der Waals surface area contributed by atoms with Crippen molar-refractivity contribution in [2.45, 2.75) is 29.9 Å². The Kier molecular flexibility index (Phi) is 5.84. The lowest BCUT2D eigenvalue weighted by atomic mass is 9.80. The van der Waals surface area contributed by atoms with Crippen LogP contribution in [0.5, 0.6) is 0 Å². The molecule has 2 aliphatic carbocycles. The lowest BCUT2D eigenvalue weighted by Crippen LogP contribution is -2.14. The third kappa shape index (κ3) is 3.75. The molecule has 228 valence electrons. The number of benzene rings is 8. The maximum atomic E-state index is 6.46. The molecule has 0 aliphatic heterocycles. The molecule has 8 aromatic rings. The number of fused-ring (bicyclic) bond motifs is 8. The summed E-state index contributed by atoms with van der Waals surface area (Å²) in [6.07, 6.45) is 0. The molecule has 0 bridgehead atoms. The summed E-state index contributed by atoms with van der Waals surface area (Å²) in [5.41, 5.74) is 22.0. The maximum Gasteiger partial charge on any atom is 0.0452 e. The fourth-order valence-corrected chi connectivity index (χ4v) is 9.71. The van der Waals surface area contributed by atoms with Crippen LogP contribution >= 0.6 is 11.8 Å². The summed E-state index contributed by atoms with van der Waals surface area (Å²) in [7, 11) is 0. The van der Waals surface area contributed by atoms with E-state index < -0.39 is 0 Å². The van der Waals surface area contributed by atoms with Gasteiger partial charge in [-0.25, -0.2) is 0 Å². The van der Waals surface area contributed by atoms with Crippen molar-refractivity contribution in [3.63, 3.8) is 0 Å².